The van der Waals surface area contributed by atoms with Gasteiger partial charge in [0.1, 0.15) is 23.2 Å². The summed E-state index contributed by atoms with van der Waals surface area (Å²) in [4.78, 5) is 23.0. The Kier molecular flexibility index (Phi) is 5.11. The lowest BCUT2D eigenvalue weighted by Gasteiger charge is -2.02. The van der Waals surface area contributed by atoms with Crippen molar-refractivity contribution in [1.82, 2.24) is 9.78 Å². The third-order valence-electron chi connectivity index (χ3n) is 3.89. The van der Waals surface area contributed by atoms with E-state index < -0.39 is 10.8 Å². The minimum absolute atomic E-state index is 0.134. The second-order valence-corrected chi connectivity index (χ2v) is 6.34. The number of nitro groups is 1. The number of nitriles is 1. The van der Waals surface area contributed by atoms with E-state index in [-0.39, 0.29) is 27.8 Å². The van der Waals surface area contributed by atoms with Gasteiger partial charge in [0.15, 0.2) is 0 Å². The van der Waals surface area contributed by atoms with Gasteiger partial charge >= 0.3 is 0 Å². The SMILES string of the molecule is Cc1cc(C)n(C(=O)/C(C#N)=C/c2ccc(-c3cc([N+](=O)[O-])ccc3Cl)o2)n1. The zero-order chi connectivity index (χ0) is 20.4. The minimum Gasteiger partial charge on any atom is -0.457 e. The fraction of sp³-hybridized carbons (Fsp3) is 0.105. The van der Waals surface area contributed by atoms with Crippen LogP contribution in [0.2, 0.25) is 5.02 Å². The number of benzene rings is 1. The molecule has 0 fully saturated rings. The van der Waals surface area contributed by atoms with E-state index in [1.54, 1.807) is 26.0 Å². The highest BCUT2D eigenvalue weighted by Crippen LogP contribution is 2.33. The number of carbonyl (C=O) groups excluding carboxylic acids is 1. The van der Waals surface area contributed by atoms with Gasteiger partial charge in [-0.05, 0) is 38.1 Å². The molecule has 0 atom stereocenters. The van der Waals surface area contributed by atoms with Crippen molar-refractivity contribution in [3.8, 4) is 17.4 Å². The molecule has 0 N–H and O–H groups in total. The summed E-state index contributed by atoms with van der Waals surface area (Å²) in [7, 11) is 0. The highest BCUT2D eigenvalue weighted by Gasteiger charge is 2.18. The number of furan rings is 1. The molecule has 3 aromatic rings. The molecule has 2 heterocycles. The molecule has 28 heavy (non-hydrogen) atoms. The average Bonchev–Trinajstić information content (AvgIpc) is 3.25. The van der Waals surface area contributed by atoms with E-state index in [9.17, 15) is 20.2 Å². The van der Waals surface area contributed by atoms with Crippen LogP contribution in [-0.2, 0) is 0 Å². The fourth-order valence-corrected chi connectivity index (χ4v) is 2.83. The zero-order valence-corrected chi connectivity index (χ0v) is 15.6. The Labute approximate surface area is 164 Å². The van der Waals surface area contributed by atoms with E-state index in [1.165, 1.54) is 30.3 Å². The number of nitro benzene ring substituents is 1. The summed E-state index contributed by atoms with van der Waals surface area (Å²) in [5.74, 6) is -0.0840. The van der Waals surface area contributed by atoms with Crippen molar-refractivity contribution in [2.45, 2.75) is 13.8 Å². The Bertz CT molecular complexity index is 1170. The quantitative estimate of drug-likeness (QED) is 0.276. The molecule has 8 nitrogen and oxygen atoms in total. The number of hydrogen-bond acceptors (Lipinski definition) is 6. The molecule has 0 amide bonds. The van der Waals surface area contributed by atoms with Gasteiger partial charge in [-0.1, -0.05) is 11.6 Å². The van der Waals surface area contributed by atoms with Crippen LogP contribution < -0.4 is 0 Å². The normalized spacial score (nSPS) is 11.3. The number of non-ortho nitro benzene ring substituents is 1. The van der Waals surface area contributed by atoms with Crippen LogP contribution in [0.1, 0.15) is 21.9 Å². The summed E-state index contributed by atoms with van der Waals surface area (Å²) in [6.07, 6.45) is 1.29. The van der Waals surface area contributed by atoms with Gasteiger partial charge in [0.05, 0.1) is 15.6 Å². The highest BCUT2D eigenvalue weighted by molar-refractivity contribution is 6.33. The third kappa shape index (κ3) is 3.70. The van der Waals surface area contributed by atoms with Gasteiger partial charge in [0.25, 0.3) is 11.6 Å². The van der Waals surface area contributed by atoms with E-state index in [0.29, 0.717) is 17.0 Å². The van der Waals surface area contributed by atoms with Crippen LogP contribution in [0.3, 0.4) is 0 Å². The molecule has 1 aromatic carbocycles. The van der Waals surface area contributed by atoms with Crippen molar-refractivity contribution in [3.05, 3.63) is 74.3 Å². The maximum atomic E-state index is 12.5. The van der Waals surface area contributed by atoms with Gasteiger partial charge in [-0.3, -0.25) is 14.9 Å². The van der Waals surface area contributed by atoms with Gasteiger partial charge in [0, 0.05) is 29.5 Å². The van der Waals surface area contributed by atoms with E-state index in [2.05, 4.69) is 5.10 Å². The van der Waals surface area contributed by atoms with Crippen LogP contribution in [0.4, 0.5) is 5.69 Å². The topological polar surface area (TPSA) is 115 Å². The molecule has 0 aliphatic heterocycles. The van der Waals surface area contributed by atoms with Crippen molar-refractivity contribution >= 4 is 29.3 Å². The Morgan fingerprint density at radius 1 is 1.32 bits per heavy atom. The molecule has 0 saturated heterocycles. The van der Waals surface area contributed by atoms with Gasteiger partial charge in [-0.15, -0.1) is 0 Å². The van der Waals surface area contributed by atoms with Crippen LogP contribution >= 0.6 is 11.6 Å². The summed E-state index contributed by atoms with van der Waals surface area (Å²) in [6, 6.07) is 10.6. The Morgan fingerprint density at radius 2 is 2.07 bits per heavy atom. The first kappa shape index (κ1) is 19.1. The van der Waals surface area contributed by atoms with Gasteiger partial charge in [-0.25, -0.2) is 4.68 Å². The Hall–Kier alpha value is -3.70. The predicted molar refractivity (Wildman–Crippen MR) is 102 cm³/mol. The molecular weight excluding hydrogens is 384 g/mol. The Morgan fingerprint density at radius 3 is 2.68 bits per heavy atom. The molecule has 0 aliphatic rings. The monoisotopic (exact) mass is 396 g/mol. The van der Waals surface area contributed by atoms with Crippen LogP contribution in [-0.4, -0.2) is 20.6 Å². The maximum Gasteiger partial charge on any atom is 0.289 e. The standard InChI is InChI=1S/C19H13ClN4O4/c1-11-7-12(2)23(22-11)19(25)13(10-21)8-15-4-6-18(28-15)16-9-14(24(26)27)3-5-17(16)20/h3-9H,1-2H3/b13-8+. The van der Waals surface area contributed by atoms with E-state index in [1.807, 2.05) is 6.07 Å². The molecule has 0 radical (unpaired) electrons. The summed E-state index contributed by atoms with van der Waals surface area (Å²) >= 11 is 6.11. The van der Waals surface area contributed by atoms with Crippen molar-refractivity contribution < 1.29 is 14.1 Å². The number of carbonyl (C=O) groups is 1. The first-order valence-electron chi connectivity index (χ1n) is 8.04. The smallest absolute Gasteiger partial charge is 0.289 e. The van der Waals surface area contributed by atoms with E-state index in [4.69, 9.17) is 16.0 Å². The third-order valence-corrected chi connectivity index (χ3v) is 4.22. The molecule has 140 valence electrons. The number of halogens is 1. The highest BCUT2D eigenvalue weighted by atomic mass is 35.5. The number of aryl methyl sites for hydroxylation is 2. The molecular formula is C19H13ClN4O4. The summed E-state index contributed by atoms with van der Waals surface area (Å²) in [5.41, 5.74) is 1.29. The predicted octanol–water partition coefficient (Wildman–Crippen LogP) is 4.57. The minimum atomic E-state index is -0.584. The molecule has 0 saturated carbocycles. The van der Waals surface area contributed by atoms with Crippen molar-refractivity contribution in [3.63, 3.8) is 0 Å². The summed E-state index contributed by atoms with van der Waals surface area (Å²) < 4.78 is 6.77. The van der Waals surface area contributed by atoms with Crippen LogP contribution in [0.5, 0.6) is 0 Å². The maximum absolute atomic E-state index is 12.5. The van der Waals surface area contributed by atoms with Gasteiger partial charge < -0.3 is 4.42 Å². The molecule has 0 spiro atoms. The second-order valence-electron chi connectivity index (χ2n) is 5.94. The molecule has 0 bridgehead atoms. The number of allylic oxidation sites excluding steroid dienone is 1. The lowest BCUT2D eigenvalue weighted by Crippen LogP contribution is -2.15. The molecule has 0 unspecified atom stereocenters. The molecule has 9 heteroatoms. The zero-order valence-electron chi connectivity index (χ0n) is 14.8. The number of hydrogen-bond donors (Lipinski definition) is 0. The van der Waals surface area contributed by atoms with Gasteiger partial charge in [0.2, 0.25) is 0 Å². The lowest BCUT2D eigenvalue weighted by molar-refractivity contribution is -0.384. The van der Waals surface area contributed by atoms with E-state index in [0.717, 1.165) is 4.68 Å². The summed E-state index contributed by atoms with van der Waals surface area (Å²) in [6.45, 7) is 3.45. The first-order chi connectivity index (χ1) is 13.3. The van der Waals surface area contributed by atoms with Crippen LogP contribution in [0.15, 0.2) is 46.4 Å². The fourth-order valence-electron chi connectivity index (χ4n) is 2.62. The first-order valence-corrected chi connectivity index (χ1v) is 8.42. The van der Waals surface area contributed by atoms with Gasteiger partial charge in [-0.2, -0.15) is 10.4 Å². The molecule has 2 aromatic heterocycles. The van der Waals surface area contributed by atoms with Crippen LogP contribution in [0.25, 0.3) is 17.4 Å². The average molecular weight is 397 g/mol. The number of rotatable bonds is 4. The summed E-state index contributed by atoms with van der Waals surface area (Å²) in [5, 5.41) is 24.7. The molecule has 3 rings (SSSR count). The van der Waals surface area contributed by atoms with Crippen molar-refractivity contribution in [1.29, 1.82) is 5.26 Å². The largest absolute Gasteiger partial charge is 0.457 e. The number of aromatic nitrogens is 2. The molecule has 0 aliphatic carbocycles. The number of nitrogens with zero attached hydrogens (tertiary/aromatic N) is 4. The van der Waals surface area contributed by atoms with Crippen LogP contribution in [0, 0.1) is 35.3 Å². The second kappa shape index (κ2) is 7.50. The Balaban J connectivity index is 1.96. The van der Waals surface area contributed by atoms with E-state index >= 15 is 0 Å². The van der Waals surface area contributed by atoms with Crippen molar-refractivity contribution in [2.75, 3.05) is 0 Å². The van der Waals surface area contributed by atoms with Crippen molar-refractivity contribution in [2.24, 2.45) is 0 Å². The lowest BCUT2D eigenvalue weighted by atomic mass is 10.1.